The van der Waals surface area contributed by atoms with Crippen molar-refractivity contribution in [2.24, 2.45) is 4.99 Å². The molecule has 6 nitrogen and oxygen atoms in total. The summed E-state index contributed by atoms with van der Waals surface area (Å²) in [5, 5.41) is 3.42. The van der Waals surface area contributed by atoms with Crippen molar-refractivity contribution in [3.05, 3.63) is 42.0 Å². The lowest BCUT2D eigenvalue weighted by Gasteiger charge is -2.36. The molecule has 1 saturated heterocycles. The molecule has 0 unspecified atom stereocenters. The average molecular weight is 353 g/mol. The number of amides is 1. The summed E-state index contributed by atoms with van der Waals surface area (Å²) < 4.78 is 0. The van der Waals surface area contributed by atoms with E-state index in [1.54, 1.807) is 7.05 Å². The largest absolute Gasteiger partial charge is 0.364 e. The number of rotatable bonds is 4. The Labute approximate surface area is 155 Å². The molecule has 4 rings (SSSR count). The van der Waals surface area contributed by atoms with E-state index in [4.69, 9.17) is 0 Å². The van der Waals surface area contributed by atoms with Crippen molar-refractivity contribution in [3.8, 4) is 0 Å². The predicted molar refractivity (Wildman–Crippen MR) is 104 cm³/mol. The van der Waals surface area contributed by atoms with Crippen LogP contribution in [-0.4, -0.2) is 67.5 Å². The Hall–Kier alpha value is -2.50. The molecule has 1 amide bonds. The zero-order chi connectivity index (χ0) is 17.9. The van der Waals surface area contributed by atoms with E-state index in [-0.39, 0.29) is 5.91 Å². The third-order valence-electron chi connectivity index (χ3n) is 5.30. The SMILES string of the molecule is CN=C(NCc1cccc(N2CC=CC2)c1)N1CCN(C2CC2)C(=O)C1. The first kappa shape index (κ1) is 16.9. The molecule has 2 heterocycles. The average Bonchev–Trinajstić information content (AvgIpc) is 3.35. The minimum absolute atomic E-state index is 0.227. The van der Waals surface area contributed by atoms with Crippen LogP contribution in [0.25, 0.3) is 0 Å². The molecule has 6 heteroatoms. The van der Waals surface area contributed by atoms with Crippen LogP contribution in [0.15, 0.2) is 41.4 Å². The van der Waals surface area contributed by atoms with Gasteiger partial charge in [-0.2, -0.15) is 0 Å². The van der Waals surface area contributed by atoms with Crippen molar-refractivity contribution in [1.82, 2.24) is 15.1 Å². The summed E-state index contributed by atoms with van der Waals surface area (Å²) in [5.41, 5.74) is 2.47. The van der Waals surface area contributed by atoms with Gasteiger partial charge in [-0.3, -0.25) is 9.79 Å². The van der Waals surface area contributed by atoms with Crippen LogP contribution < -0.4 is 10.2 Å². The van der Waals surface area contributed by atoms with Crippen LogP contribution in [0.3, 0.4) is 0 Å². The van der Waals surface area contributed by atoms with E-state index in [0.29, 0.717) is 19.1 Å². The smallest absolute Gasteiger partial charge is 0.242 e. The van der Waals surface area contributed by atoms with E-state index in [1.807, 2.05) is 4.90 Å². The van der Waals surface area contributed by atoms with E-state index < -0.39 is 0 Å². The Morgan fingerprint density at radius 2 is 2.04 bits per heavy atom. The third-order valence-corrected chi connectivity index (χ3v) is 5.30. The van der Waals surface area contributed by atoms with Crippen molar-refractivity contribution in [1.29, 1.82) is 0 Å². The van der Waals surface area contributed by atoms with Crippen LogP contribution in [0.5, 0.6) is 0 Å². The highest BCUT2D eigenvalue weighted by Crippen LogP contribution is 2.28. The van der Waals surface area contributed by atoms with Gasteiger partial charge < -0.3 is 20.0 Å². The molecule has 1 aliphatic carbocycles. The van der Waals surface area contributed by atoms with Gasteiger partial charge in [0.05, 0.1) is 6.54 Å². The number of nitrogens with one attached hydrogen (secondary N) is 1. The first-order chi connectivity index (χ1) is 12.7. The maximum Gasteiger partial charge on any atom is 0.242 e. The number of nitrogens with zero attached hydrogens (tertiary/aromatic N) is 4. The van der Waals surface area contributed by atoms with Crippen LogP contribution in [0, 0.1) is 0 Å². The van der Waals surface area contributed by atoms with Crippen molar-refractivity contribution in [2.75, 3.05) is 44.7 Å². The number of guanidine groups is 1. The van der Waals surface area contributed by atoms with Gasteiger partial charge in [-0.25, -0.2) is 0 Å². The fourth-order valence-corrected chi connectivity index (χ4v) is 3.70. The molecular weight excluding hydrogens is 326 g/mol. The molecule has 2 aliphatic heterocycles. The van der Waals surface area contributed by atoms with Gasteiger partial charge in [0.25, 0.3) is 0 Å². The Balaban J connectivity index is 1.34. The van der Waals surface area contributed by atoms with Crippen molar-refractivity contribution >= 4 is 17.6 Å². The zero-order valence-electron chi connectivity index (χ0n) is 15.4. The molecule has 26 heavy (non-hydrogen) atoms. The molecule has 0 atom stereocenters. The molecule has 1 aromatic rings. The quantitative estimate of drug-likeness (QED) is 0.506. The number of benzene rings is 1. The van der Waals surface area contributed by atoms with Crippen LogP contribution in [-0.2, 0) is 11.3 Å². The minimum Gasteiger partial charge on any atom is -0.364 e. The van der Waals surface area contributed by atoms with Crippen molar-refractivity contribution < 1.29 is 4.79 Å². The fourth-order valence-electron chi connectivity index (χ4n) is 3.70. The molecular formula is C20H27N5O. The lowest BCUT2D eigenvalue weighted by atomic mass is 10.2. The maximum absolute atomic E-state index is 12.4. The Morgan fingerprint density at radius 1 is 1.23 bits per heavy atom. The summed E-state index contributed by atoms with van der Waals surface area (Å²) >= 11 is 0. The number of carbonyl (C=O) groups excluding carboxylic acids is 1. The topological polar surface area (TPSA) is 51.2 Å². The molecule has 0 radical (unpaired) electrons. The number of anilines is 1. The fraction of sp³-hybridized carbons (Fsp3) is 0.500. The summed E-state index contributed by atoms with van der Waals surface area (Å²) in [6.45, 7) is 4.75. The second-order valence-electron chi connectivity index (χ2n) is 7.19. The molecule has 0 bridgehead atoms. The maximum atomic E-state index is 12.4. The predicted octanol–water partition coefficient (Wildman–Crippen LogP) is 1.44. The van der Waals surface area contributed by atoms with E-state index in [0.717, 1.165) is 32.1 Å². The summed E-state index contributed by atoms with van der Waals surface area (Å²) in [5.74, 6) is 1.03. The molecule has 1 N–H and O–H groups in total. The number of piperazine rings is 1. The minimum atomic E-state index is 0.227. The van der Waals surface area contributed by atoms with E-state index in [1.165, 1.54) is 24.1 Å². The Morgan fingerprint density at radius 3 is 2.73 bits per heavy atom. The standard InChI is InChI=1S/C20H27N5O/c1-21-20(24-11-12-25(17-7-8-17)19(26)15-24)22-14-16-5-4-6-18(13-16)23-9-2-3-10-23/h2-6,13,17H,7-12,14-15H2,1H3,(H,21,22). The van der Waals surface area contributed by atoms with E-state index >= 15 is 0 Å². The second-order valence-corrected chi connectivity index (χ2v) is 7.19. The molecule has 0 spiro atoms. The summed E-state index contributed by atoms with van der Waals surface area (Å²) in [4.78, 5) is 23.2. The van der Waals surface area contributed by atoms with E-state index in [9.17, 15) is 4.79 Å². The third kappa shape index (κ3) is 3.69. The lowest BCUT2D eigenvalue weighted by Crippen LogP contribution is -2.55. The van der Waals surface area contributed by atoms with Crippen LogP contribution in [0.2, 0.25) is 0 Å². The van der Waals surface area contributed by atoms with Crippen LogP contribution in [0.4, 0.5) is 5.69 Å². The molecule has 1 aromatic carbocycles. The van der Waals surface area contributed by atoms with Gasteiger partial charge in [-0.05, 0) is 30.5 Å². The first-order valence-corrected chi connectivity index (χ1v) is 9.48. The van der Waals surface area contributed by atoms with Gasteiger partial charge in [-0.15, -0.1) is 0 Å². The first-order valence-electron chi connectivity index (χ1n) is 9.48. The molecule has 0 aromatic heterocycles. The van der Waals surface area contributed by atoms with Gasteiger partial charge in [0.1, 0.15) is 0 Å². The number of aliphatic imine (C=N–C) groups is 1. The molecule has 138 valence electrons. The highest BCUT2D eigenvalue weighted by atomic mass is 16.2. The van der Waals surface area contributed by atoms with Crippen molar-refractivity contribution in [3.63, 3.8) is 0 Å². The van der Waals surface area contributed by atoms with Crippen LogP contribution in [0.1, 0.15) is 18.4 Å². The number of carbonyl (C=O) groups is 1. The van der Waals surface area contributed by atoms with Gasteiger partial charge in [-0.1, -0.05) is 24.3 Å². The normalized spacial score (nSPS) is 20.9. The number of hydrogen-bond acceptors (Lipinski definition) is 3. The monoisotopic (exact) mass is 353 g/mol. The lowest BCUT2D eigenvalue weighted by molar-refractivity contribution is -0.135. The van der Waals surface area contributed by atoms with Gasteiger partial charge >= 0.3 is 0 Å². The summed E-state index contributed by atoms with van der Waals surface area (Å²) in [6, 6.07) is 9.11. The summed E-state index contributed by atoms with van der Waals surface area (Å²) in [6.07, 6.45) is 6.74. The number of hydrogen-bond donors (Lipinski definition) is 1. The molecule has 1 saturated carbocycles. The highest BCUT2D eigenvalue weighted by molar-refractivity contribution is 5.88. The Kier molecular flexibility index (Phi) is 4.82. The summed E-state index contributed by atoms with van der Waals surface area (Å²) in [7, 11) is 1.78. The van der Waals surface area contributed by atoms with Crippen molar-refractivity contribution in [2.45, 2.75) is 25.4 Å². The van der Waals surface area contributed by atoms with E-state index in [2.05, 4.69) is 56.5 Å². The molecule has 3 aliphatic rings. The second kappa shape index (κ2) is 7.40. The zero-order valence-corrected chi connectivity index (χ0v) is 15.4. The van der Waals surface area contributed by atoms with Crippen LogP contribution >= 0.6 is 0 Å². The van der Waals surface area contributed by atoms with Gasteiger partial charge in [0.2, 0.25) is 5.91 Å². The van der Waals surface area contributed by atoms with Gasteiger partial charge in [0.15, 0.2) is 5.96 Å². The highest BCUT2D eigenvalue weighted by Gasteiger charge is 2.36. The molecule has 2 fully saturated rings. The Bertz CT molecular complexity index is 717. The van der Waals surface area contributed by atoms with Gasteiger partial charge in [0, 0.05) is 51.5 Å².